The third kappa shape index (κ3) is 3.14. The highest BCUT2D eigenvalue weighted by molar-refractivity contribution is 9.10. The second-order valence-electron chi connectivity index (χ2n) is 5.69. The summed E-state index contributed by atoms with van der Waals surface area (Å²) in [6.07, 6.45) is 7.35. The van der Waals surface area contributed by atoms with E-state index in [1.807, 2.05) is 12.1 Å². The highest BCUT2D eigenvalue weighted by atomic mass is 79.9. The van der Waals surface area contributed by atoms with Crippen LogP contribution in [0.3, 0.4) is 0 Å². The fourth-order valence-electron chi connectivity index (χ4n) is 3.35. The Morgan fingerprint density at radius 2 is 2.05 bits per heavy atom. The summed E-state index contributed by atoms with van der Waals surface area (Å²) in [4.78, 5) is 0. The minimum absolute atomic E-state index is 0.239. The zero-order chi connectivity index (χ0) is 13.9. The fraction of sp³-hybridized carbons (Fsp3) is 0.625. The van der Waals surface area contributed by atoms with Crippen LogP contribution in [0.25, 0.3) is 0 Å². The molecular formula is C16H24BrNO. The van der Waals surface area contributed by atoms with Gasteiger partial charge in [0, 0.05) is 10.5 Å². The van der Waals surface area contributed by atoms with E-state index in [1.54, 1.807) is 7.11 Å². The highest BCUT2D eigenvalue weighted by Gasteiger charge is 2.37. The van der Waals surface area contributed by atoms with Crippen molar-refractivity contribution < 1.29 is 4.74 Å². The average molecular weight is 326 g/mol. The van der Waals surface area contributed by atoms with Gasteiger partial charge in [-0.15, -0.1) is 0 Å². The third-order valence-electron chi connectivity index (χ3n) is 4.78. The molecule has 0 amide bonds. The van der Waals surface area contributed by atoms with E-state index in [1.165, 1.54) is 37.7 Å². The number of methoxy groups -OCH3 is 1. The van der Waals surface area contributed by atoms with Gasteiger partial charge < -0.3 is 10.5 Å². The number of hydrogen-bond donors (Lipinski definition) is 1. The van der Waals surface area contributed by atoms with E-state index < -0.39 is 0 Å². The molecule has 0 spiro atoms. The van der Waals surface area contributed by atoms with Crippen molar-refractivity contribution in [2.75, 3.05) is 7.11 Å². The standard InChI is InChI=1S/C16H24BrNO/c1-3-16(8-4-5-9-16)15(18)11-12-10-13(19-2)6-7-14(12)17/h6-7,10,15H,3-5,8-9,11,18H2,1-2H3. The number of nitrogens with two attached hydrogens (primary N) is 1. The summed E-state index contributed by atoms with van der Waals surface area (Å²) >= 11 is 3.63. The van der Waals surface area contributed by atoms with Crippen molar-refractivity contribution in [2.45, 2.75) is 51.5 Å². The van der Waals surface area contributed by atoms with E-state index in [2.05, 4.69) is 28.9 Å². The maximum atomic E-state index is 6.56. The van der Waals surface area contributed by atoms with Gasteiger partial charge in [-0.05, 0) is 54.9 Å². The molecule has 1 fully saturated rings. The molecule has 1 aliphatic rings. The SMILES string of the molecule is CCC1(C(N)Cc2cc(OC)ccc2Br)CCCC1. The van der Waals surface area contributed by atoms with E-state index in [0.717, 1.165) is 16.6 Å². The van der Waals surface area contributed by atoms with Crippen molar-refractivity contribution in [3.8, 4) is 5.75 Å². The molecule has 1 aromatic carbocycles. The molecule has 1 unspecified atom stereocenters. The molecule has 0 saturated heterocycles. The molecule has 2 rings (SSSR count). The Hall–Kier alpha value is -0.540. The zero-order valence-corrected chi connectivity index (χ0v) is 13.5. The Bertz CT molecular complexity index is 427. The van der Waals surface area contributed by atoms with Crippen molar-refractivity contribution in [3.63, 3.8) is 0 Å². The van der Waals surface area contributed by atoms with Crippen LogP contribution in [0.5, 0.6) is 5.75 Å². The predicted octanol–water partition coefficient (Wildman–Crippen LogP) is 4.30. The molecule has 2 N–H and O–H groups in total. The highest BCUT2D eigenvalue weighted by Crippen LogP contribution is 2.44. The lowest BCUT2D eigenvalue weighted by atomic mass is 9.74. The summed E-state index contributed by atoms with van der Waals surface area (Å²) in [6.45, 7) is 2.28. The zero-order valence-electron chi connectivity index (χ0n) is 11.9. The minimum Gasteiger partial charge on any atom is -0.497 e. The second kappa shape index (κ2) is 6.27. The minimum atomic E-state index is 0.239. The van der Waals surface area contributed by atoms with Gasteiger partial charge in [-0.25, -0.2) is 0 Å². The monoisotopic (exact) mass is 325 g/mol. The lowest BCUT2D eigenvalue weighted by Gasteiger charge is -2.34. The van der Waals surface area contributed by atoms with Gasteiger partial charge >= 0.3 is 0 Å². The molecule has 19 heavy (non-hydrogen) atoms. The molecule has 0 radical (unpaired) electrons. The van der Waals surface area contributed by atoms with Gasteiger partial charge in [-0.2, -0.15) is 0 Å². The summed E-state index contributed by atoms with van der Waals surface area (Å²) < 4.78 is 6.44. The Kier molecular flexibility index (Phi) is 4.91. The maximum Gasteiger partial charge on any atom is 0.119 e. The van der Waals surface area contributed by atoms with E-state index in [9.17, 15) is 0 Å². The van der Waals surface area contributed by atoms with Crippen molar-refractivity contribution in [2.24, 2.45) is 11.1 Å². The Morgan fingerprint density at radius 3 is 2.63 bits per heavy atom. The Labute approximate surface area is 124 Å². The van der Waals surface area contributed by atoms with Gasteiger partial charge in [0.05, 0.1) is 7.11 Å². The molecule has 2 nitrogen and oxygen atoms in total. The lowest BCUT2D eigenvalue weighted by molar-refractivity contribution is 0.218. The van der Waals surface area contributed by atoms with Crippen LogP contribution in [0.15, 0.2) is 22.7 Å². The first-order chi connectivity index (χ1) is 9.11. The quantitative estimate of drug-likeness (QED) is 0.876. The summed E-state index contributed by atoms with van der Waals surface area (Å²) in [5.74, 6) is 0.905. The average Bonchev–Trinajstić information content (AvgIpc) is 2.91. The molecule has 1 saturated carbocycles. The smallest absolute Gasteiger partial charge is 0.119 e. The number of rotatable bonds is 5. The first-order valence-corrected chi connectivity index (χ1v) is 7.98. The number of halogens is 1. The Morgan fingerprint density at radius 1 is 1.37 bits per heavy atom. The molecule has 0 heterocycles. The molecule has 1 aromatic rings. The van der Waals surface area contributed by atoms with Gasteiger partial charge in [-0.3, -0.25) is 0 Å². The molecule has 0 bridgehead atoms. The molecule has 0 aliphatic heterocycles. The third-order valence-corrected chi connectivity index (χ3v) is 5.56. The van der Waals surface area contributed by atoms with Crippen LogP contribution in [-0.2, 0) is 6.42 Å². The molecule has 1 aliphatic carbocycles. The van der Waals surface area contributed by atoms with Crippen LogP contribution in [-0.4, -0.2) is 13.2 Å². The molecular weight excluding hydrogens is 302 g/mol. The number of benzene rings is 1. The van der Waals surface area contributed by atoms with Gasteiger partial charge in [0.1, 0.15) is 5.75 Å². The molecule has 106 valence electrons. The van der Waals surface area contributed by atoms with Crippen LogP contribution in [0.1, 0.15) is 44.6 Å². The predicted molar refractivity (Wildman–Crippen MR) is 83.6 cm³/mol. The number of hydrogen-bond acceptors (Lipinski definition) is 2. The summed E-state index contributed by atoms with van der Waals surface area (Å²) in [7, 11) is 1.71. The number of ether oxygens (including phenoxy) is 1. The van der Waals surface area contributed by atoms with Gasteiger partial charge in [0.2, 0.25) is 0 Å². The van der Waals surface area contributed by atoms with Gasteiger partial charge in [-0.1, -0.05) is 35.7 Å². The fourth-order valence-corrected chi connectivity index (χ4v) is 3.76. The summed E-state index contributed by atoms with van der Waals surface area (Å²) in [5.41, 5.74) is 8.16. The van der Waals surface area contributed by atoms with Crippen molar-refractivity contribution in [1.29, 1.82) is 0 Å². The molecule has 3 heteroatoms. The van der Waals surface area contributed by atoms with Crippen LogP contribution < -0.4 is 10.5 Å². The normalized spacial score (nSPS) is 19.4. The van der Waals surface area contributed by atoms with Crippen LogP contribution in [0.4, 0.5) is 0 Å². The summed E-state index contributed by atoms with van der Waals surface area (Å²) in [5, 5.41) is 0. The Balaban J connectivity index is 2.15. The van der Waals surface area contributed by atoms with Crippen LogP contribution in [0, 0.1) is 5.41 Å². The van der Waals surface area contributed by atoms with Crippen LogP contribution >= 0.6 is 15.9 Å². The topological polar surface area (TPSA) is 35.2 Å². The first kappa shape index (κ1) is 14.9. The summed E-state index contributed by atoms with van der Waals surface area (Å²) in [6, 6.07) is 6.36. The van der Waals surface area contributed by atoms with Gasteiger partial charge in [0.25, 0.3) is 0 Å². The van der Waals surface area contributed by atoms with Crippen molar-refractivity contribution in [3.05, 3.63) is 28.2 Å². The van der Waals surface area contributed by atoms with Crippen molar-refractivity contribution >= 4 is 15.9 Å². The van der Waals surface area contributed by atoms with E-state index in [0.29, 0.717) is 5.41 Å². The molecule has 0 aromatic heterocycles. The van der Waals surface area contributed by atoms with E-state index in [-0.39, 0.29) is 6.04 Å². The maximum absolute atomic E-state index is 6.56. The second-order valence-corrected chi connectivity index (χ2v) is 6.55. The molecule has 1 atom stereocenters. The van der Waals surface area contributed by atoms with Gasteiger partial charge in [0.15, 0.2) is 0 Å². The van der Waals surface area contributed by atoms with Crippen LogP contribution in [0.2, 0.25) is 0 Å². The first-order valence-electron chi connectivity index (χ1n) is 7.19. The van der Waals surface area contributed by atoms with Crippen molar-refractivity contribution in [1.82, 2.24) is 0 Å². The van der Waals surface area contributed by atoms with E-state index >= 15 is 0 Å². The largest absolute Gasteiger partial charge is 0.497 e. The van der Waals surface area contributed by atoms with E-state index in [4.69, 9.17) is 10.5 Å². The lowest BCUT2D eigenvalue weighted by Crippen LogP contribution is -2.41.